The van der Waals surface area contributed by atoms with Gasteiger partial charge in [0.15, 0.2) is 6.61 Å². The topological polar surface area (TPSA) is 76.1 Å². The van der Waals surface area contributed by atoms with Gasteiger partial charge >= 0.3 is 0 Å². The fourth-order valence-corrected chi connectivity index (χ4v) is 3.69. The number of aromatic nitrogens is 2. The van der Waals surface area contributed by atoms with Crippen molar-refractivity contribution in [1.82, 2.24) is 9.97 Å². The van der Waals surface area contributed by atoms with Crippen molar-refractivity contribution in [3.05, 3.63) is 95.3 Å². The van der Waals surface area contributed by atoms with Gasteiger partial charge < -0.3 is 15.4 Å². The second kappa shape index (κ2) is 10.2. The van der Waals surface area contributed by atoms with Gasteiger partial charge in [-0.1, -0.05) is 48.5 Å². The summed E-state index contributed by atoms with van der Waals surface area (Å²) in [7, 11) is 0. The predicted molar refractivity (Wildman–Crippen MR) is 137 cm³/mol. The van der Waals surface area contributed by atoms with E-state index in [-0.39, 0.29) is 12.5 Å². The Balaban J connectivity index is 1.43. The molecule has 0 saturated heterocycles. The van der Waals surface area contributed by atoms with Gasteiger partial charge in [-0.05, 0) is 62.6 Å². The summed E-state index contributed by atoms with van der Waals surface area (Å²) >= 11 is 0. The van der Waals surface area contributed by atoms with E-state index < -0.39 is 0 Å². The molecule has 4 aromatic rings. The lowest BCUT2D eigenvalue weighted by Crippen LogP contribution is -2.20. The summed E-state index contributed by atoms with van der Waals surface area (Å²) in [5.41, 5.74) is 6.54. The van der Waals surface area contributed by atoms with E-state index in [1.165, 1.54) is 0 Å². The zero-order chi connectivity index (χ0) is 24.1. The van der Waals surface area contributed by atoms with Gasteiger partial charge in [0, 0.05) is 23.0 Å². The lowest BCUT2D eigenvalue weighted by molar-refractivity contribution is -0.118. The van der Waals surface area contributed by atoms with Crippen molar-refractivity contribution in [2.75, 3.05) is 17.2 Å². The zero-order valence-electron chi connectivity index (χ0n) is 19.8. The number of rotatable bonds is 7. The number of nitrogens with zero attached hydrogens (tertiary/aromatic N) is 2. The summed E-state index contributed by atoms with van der Waals surface area (Å²) in [6, 6.07) is 23.4. The van der Waals surface area contributed by atoms with Crippen LogP contribution in [0.1, 0.15) is 22.5 Å². The molecule has 0 radical (unpaired) electrons. The molecule has 34 heavy (non-hydrogen) atoms. The molecule has 0 atom stereocenters. The maximum atomic E-state index is 12.5. The fourth-order valence-electron chi connectivity index (χ4n) is 3.69. The molecule has 172 valence electrons. The molecule has 0 aliphatic heterocycles. The van der Waals surface area contributed by atoms with Gasteiger partial charge in [-0.25, -0.2) is 9.97 Å². The Bertz CT molecular complexity index is 1320. The minimum atomic E-state index is -0.221. The van der Waals surface area contributed by atoms with E-state index in [9.17, 15) is 4.79 Å². The van der Waals surface area contributed by atoms with Crippen molar-refractivity contribution in [2.24, 2.45) is 0 Å². The molecule has 0 spiro atoms. The highest BCUT2D eigenvalue weighted by molar-refractivity contribution is 5.92. The minimum Gasteiger partial charge on any atom is -0.483 e. The molecule has 0 aliphatic rings. The van der Waals surface area contributed by atoms with Crippen LogP contribution in [-0.2, 0) is 4.79 Å². The molecule has 6 heteroatoms. The maximum absolute atomic E-state index is 12.5. The summed E-state index contributed by atoms with van der Waals surface area (Å²) in [5.74, 6) is 1.90. The molecule has 0 aliphatic carbocycles. The first-order valence-corrected chi connectivity index (χ1v) is 11.2. The lowest BCUT2D eigenvalue weighted by Gasteiger charge is -2.14. The van der Waals surface area contributed by atoms with Crippen molar-refractivity contribution in [3.63, 3.8) is 0 Å². The van der Waals surface area contributed by atoms with Crippen LogP contribution in [0.2, 0.25) is 0 Å². The summed E-state index contributed by atoms with van der Waals surface area (Å²) in [4.78, 5) is 21.6. The molecule has 0 fully saturated rings. The number of amides is 1. The molecule has 4 rings (SSSR count). The number of benzene rings is 3. The highest BCUT2D eigenvalue weighted by Gasteiger charge is 2.10. The third kappa shape index (κ3) is 5.59. The van der Waals surface area contributed by atoms with Crippen LogP contribution >= 0.6 is 0 Å². The van der Waals surface area contributed by atoms with E-state index in [0.717, 1.165) is 39.4 Å². The van der Waals surface area contributed by atoms with Crippen LogP contribution in [-0.4, -0.2) is 22.5 Å². The largest absolute Gasteiger partial charge is 0.483 e. The molecular weight excluding hydrogens is 424 g/mol. The molecule has 0 saturated carbocycles. The van der Waals surface area contributed by atoms with Crippen molar-refractivity contribution in [2.45, 2.75) is 27.7 Å². The van der Waals surface area contributed by atoms with Gasteiger partial charge in [0.05, 0.1) is 5.69 Å². The van der Waals surface area contributed by atoms with E-state index in [1.807, 2.05) is 94.4 Å². The molecule has 2 N–H and O–H groups in total. The Hall–Kier alpha value is -4.19. The van der Waals surface area contributed by atoms with Crippen molar-refractivity contribution in [1.29, 1.82) is 0 Å². The first-order valence-electron chi connectivity index (χ1n) is 11.2. The third-order valence-electron chi connectivity index (χ3n) is 5.55. The number of ether oxygens (including phenoxy) is 1. The average Bonchev–Trinajstić information content (AvgIpc) is 2.82. The molecule has 1 aromatic heterocycles. The Labute approximate surface area is 200 Å². The summed E-state index contributed by atoms with van der Waals surface area (Å²) < 4.78 is 5.83. The number of aryl methyl sites for hydroxylation is 3. The summed E-state index contributed by atoms with van der Waals surface area (Å²) in [6.07, 6.45) is 0. The van der Waals surface area contributed by atoms with Gasteiger partial charge in [-0.3, -0.25) is 4.79 Å². The molecule has 3 aromatic carbocycles. The van der Waals surface area contributed by atoms with Gasteiger partial charge in [-0.15, -0.1) is 0 Å². The van der Waals surface area contributed by atoms with Gasteiger partial charge in [0.1, 0.15) is 17.4 Å². The SMILES string of the molecule is Cc1nc(Nc2cccc(NC(=O)COc3c(C)ccc(C)c3C)c2)cc(-c2ccccc2)n1. The lowest BCUT2D eigenvalue weighted by atomic mass is 10.1. The van der Waals surface area contributed by atoms with E-state index in [4.69, 9.17) is 4.74 Å². The monoisotopic (exact) mass is 452 g/mol. The van der Waals surface area contributed by atoms with Gasteiger partial charge in [0.2, 0.25) is 0 Å². The van der Waals surface area contributed by atoms with E-state index in [0.29, 0.717) is 17.3 Å². The number of anilines is 3. The molecule has 1 amide bonds. The Kier molecular flexibility index (Phi) is 6.87. The predicted octanol–water partition coefficient (Wildman–Crippen LogP) is 6.14. The molecular formula is C28H28N4O2. The standard InChI is InChI=1S/C28H28N4O2/c1-18-13-14-19(2)28(20(18)3)34-17-27(33)32-24-12-8-11-23(15-24)31-26-16-25(29-21(4)30-26)22-9-6-5-7-10-22/h5-16H,17H2,1-4H3,(H,32,33)(H,29,30,31). The van der Waals surface area contributed by atoms with Crippen LogP contribution in [0.4, 0.5) is 17.2 Å². The summed E-state index contributed by atoms with van der Waals surface area (Å²) in [5, 5.41) is 6.22. The van der Waals surface area contributed by atoms with E-state index >= 15 is 0 Å². The van der Waals surface area contributed by atoms with Crippen LogP contribution in [0.3, 0.4) is 0 Å². The maximum Gasteiger partial charge on any atom is 0.262 e. The van der Waals surface area contributed by atoms with Crippen LogP contribution in [0.15, 0.2) is 72.8 Å². The normalized spacial score (nSPS) is 10.6. The number of nitrogens with one attached hydrogen (secondary N) is 2. The highest BCUT2D eigenvalue weighted by atomic mass is 16.5. The van der Waals surface area contributed by atoms with Crippen molar-refractivity contribution in [3.8, 4) is 17.0 Å². The van der Waals surface area contributed by atoms with E-state index in [1.54, 1.807) is 0 Å². The Morgan fingerprint density at radius 2 is 1.56 bits per heavy atom. The van der Waals surface area contributed by atoms with Gasteiger partial charge in [-0.2, -0.15) is 0 Å². The molecule has 0 unspecified atom stereocenters. The smallest absolute Gasteiger partial charge is 0.262 e. The number of hydrogen-bond donors (Lipinski definition) is 2. The first kappa shape index (κ1) is 23.0. The quantitative estimate of drug-likeness (QED) is 0.352. The Morgan fingerprint density at radius 1 is 0.824 bits per heavy atom. The number of carbonyl (C=O) groups excluding carboxylic acids is 1. The number of hydrogen-bond acceptors (Lipinski definition) is 5. The fraction of sp³-hybridized carbons (Fsp3) is 0.179. The minimum absolute atomic E-state index is 0.0612. The third-order valence-corrected chi connectivity index (χ3v) is 5.55. The molecule has 0 bridgehead atoms. The van der Waals surface area contributed by atoms with Crippen LogP contribution in [0.5, 0.6) is 5.75 Å². The van der Waals surface area contributed by atoms with Crippen molar-refractivity contribution < 1.29 is 9.53 Å². The molecule has 1 heterocycles. The second-order valence-corrected chi connectivity index (χ2v) is 8.25. The first-order chi connectivity index (χ1) is 16.4. The zero-order valence-corrected chi connectivity index (χ0v) is 19.8. The number of carbonyl (C=O) groups is 1. The van der Waals surface area contributed by atoms with Gasteiger partial charge in [0.25, 0.3) is 5.91 Å². The van der Waals surface area contributed by atoms with Crippen molar-refractivity contribution >= 4 is 23.1 Å². The Morgan fingerprint density at radius 3 is 2.35 bits per heavy atom. The highest BCUT2D eigenvalue weighted by Crippen LogP contribution is 2.26. The average molecular weight is 453 g/mol. The summed E-state index contributed by atoms with van der Waals surface area (Å²) in [6.45, 7) is 7.82. The van der Waals surface area contributed by atoms with Crippen LogP contribution in [0.25, 0.3) is 11.3 Å². The van der Waals surface area contributed by atoms with Crippen LogP contribution in [0, 0.1) is 27.7 Å². The molecule has 6 nitrogen and oxygen atoms in total. The van der Waals surface area contributed by atoms with Crippen LogP contribution < -0.4 is 15.4 Å². The second-order valence-electron chi connectivity index (χ2n) is 8.25. The van der Waals surface area contributed by atoms with E-state index in [2.05, 4.69) is 26.7 Å².